The van der Waals surface area contributed by atoms with Gasteiger partial charge in [-0.25, -0.2) is 13.1 Å². The summed E-state index contributed by atoms with van der Waals surface area (Å²) in [4.78, 5) is 0.219. The molecule has 0 aliphatic heterocycles. The van der Waals surface area contributed by atoms with E-state index in [9.17, 15) is 8.42 Å². The van der Waals surface area contributed by atoms with Crippen molar-refractivity contribution in [3.8, 4) is 0 Å². The van der Waals surface area contributed by atoms with Crippen molar-refractivity contribution in [2.75, 3.05) is 6.61 Å². The molecule has 2 N–H and O–H groups in total. The highest BCUT2D eigenvalue weighted by atomic mass is 32.2. The van der Waals surface area contributed by atoms with Crippen molar-refractivity contribution in [2.45, 2.75) is 30.8 Å². The van der Waals surface area contributed by atoms with Crippen LogP contribution in [0.15, 0.2) is 47.6 Å². The lowest BCUT2D eigenvalue weighted by Crippen LogP contribution is -2.35. The fourth-order valence-corrected chi connectivity index (χ4v) is 3.26. The van der Waals surface area contributed by atoms with Gasteiger partial charge in [-0.3, -0.25) is 4.68 Å². The molecule has 2 rings (SSSR count). The van der Waals surface area contributed by atoms with Gasteiger partial charge in [0.2, 0.25) is 10.0 Å². The van der Waals surface area contributed by atoms with Crippen molar-refractivity contribution in [3.63, 3.8) is 0 Å². The summed E-state index contributed by atoms with van der Waals surface area (Å²) in [7, 11) is -3.55. The van der Waals surface area contributed by atoms with E-state index >= 15 is 0 Å². The van der Waals surface area contributed by atoms with E-state index in [4.69, 9.17) is 5.11 Å². The van der Waals surface area contributed by atoms with Crippen LogP contribution < -0.4 is 4.72 Å². The number of hydrogen-bond acceptors (Lipinski definition) is 4. The van der Waals surface area contributed by atoms with Crippen LogP contribution in [-0.2, 0) is 23.0 Å². The number of benzene rings is 1. The Kier molecular flexibility index (Phi) is 5.11. The predicted octanol–water partition coefficient (Wildman–Crippen LogP) is 0.785. The number of aromatic nitrogens is 2. The van der Waals surface area contributed by atoms with Crippen LogP contribution in [0.2, 0.25) is 0 Å². The quantitative estimate of drug-likeness (QED) is 0.792. The first-order valence-electron chi connectivity index (χ1n) is 6.71. The van der Waals surface area contributed by atoms with Crippen LogP contribution in [0.1, 0.15) is 12.5 Å². The van der Waals surface area contributed by atoms with Gasteiger partial charge in [-0.2, -0.15) is 5.10 Å². The second kappa shape index (κ2) is 6.84. The summed E-state index contributed by atoms with van der Waals surface area (Å²) in [6, 6.07) is 8.04. The first-order chi connectivity index (χ1) is 10.0. The highest BCUT2D eigenvalue weighted by molar-refractivity contribution is 7.89. The third kappa shape index (κ3) is 4.38. The van der Waals surface area contributed by atoms with Crippen LogP contribution in [0.5, 0.6) is 0 Å². The van der Waals surface area contributed by atoms with Crippen LogP contribution in [0.25, 0.3) is 0 Å². The Morgan fingerprint density at radius 1 is 1.33 bits per heavy atom. The molecular formula is C14H19N3O3S. The lowest BCUT2D eigenvalue weighted by molar-refractivity contribution is 0.299. The number of hydrogen-bond donors (Lipinski definition) is 2. The Bertz CT molecular complexity index is 651. The van der Waals surface area contributed by atoms with E-state index in [1.807, 2.05) is 0 Å². The Labute approximate surface area is 124 Å². The van der Waals surface area contributed by atoms with E-state index in [1.54, 1.807) is 54.3 Å². The van der Waals surface area contributed by atoms with Gasteiger partial charge < -0.3 is 5.11 Å². The molecule has 0 spiro atoms. The summed E-state index contributed by atoms with van der Waals surface area (Å²) in [6.45, 7) is 2.30. The molecule has 1 unspecified atom stereocenters. The normalized spacial score (nSPS) is 13.2. The average molecular weight is 309 g/mol. The monoisotopic (exact) mass is 309 g/mol. The maximum Gasteiger partial charge on any atom is 0.240 e. The van der Waals surface area contributed by atoms with Gasteiger partial charge in [0.15, 0.2) is 0 Å². The molecule has 0 aliphatic rings. The van der Waals surface area contributed by atoms with Crippen molar-refractivity contribution < 1.29 is 13.5 Å². The van der Waals surface area contributed by atoms with E-state index in [0.29, 0.717) is 13.0 Å². The highest BCUT2D eigenvalue weighted by Gasteiger charge is 2.17. The van der Waals surface area contributed by atoms with E-state index < -0.39 is 10.0 Å². The third-order valence-electron chi connectivity index (χ3n) is 3.01. The molecule has 1 heterocycles. The standard InChI is InChI=1S/C14H19N3O3S/c1-12(11-17-9-2-8-15-17)16-21(19,20)14-5-3-13(4-6-14)7-10-18/h2-6,8-9,12,16,18H,7,10-11H2,1H3. The molecule has 7 heteroatoms. The molecule has 0 bridgehead atoms. The Hall–Kier alpha value is -1.70. The molecule has 0 amide bonds. The topological polar surface area (TPSA) is 84.2 Å². The minimum absolute atomic E-state index is 0.0469. The fourth-order valence-electron chi connectivity index (χ4n) is 2.02. The van der Waals surface area contributed by atoms with Gasteiger partial charge in [-0.1, -0.05) is 12.1 Å². The SMILES string of the molecule is CC(Cn1cccn1)NS(=O)(=O)c1ccc(CCO)cc1. The molecule has 21 heavy (non-hydrogen) atoms. The minimum atomic E-state index is -3.55. The Morgan fingerprint density at radius 2 is 2.05 bits per heavy atom. The number of rotatable bonds is 7. The number of nitrogens with one attached hydrogen (secondary N) is 1. The maximum absolute atomic E-state index is 12.3. The zero-order valence-electron chi connectivity index (χ0n) is 11.8. The number of sulfonamides is 1. The highest BCUT2D eigenvalue weighted by Crippen LogP contribution is 2.11. The summed E-state index contributed by atoms with van der Waals surface area (Å²) in [5, 5.41) is 12.9. The van der Waals surface area contributed by atoms with Gasteiger partial charge in [0.25, 0.3) is 0 Å². The Balaban J connectivity index is 2.03. The molecule has 2 aromatic rings. The van der Waals surface area contributed by atoms with Crippen LogP contribution >= 0.6 is 0 Å². The second-order valence-corrected chi connectivity index (χ2v) is 6.58. The van der Waals surface area contributed by atoms with E-state index in [0.717, 1.165) is 5.56 Å². The van der Waals surface area contributed by atoms with Gasteiger partial charge in [-0.05, 0) is 37.1 Å². The van der Waals surface area contributed by atoms with Crippen molar-refractivity contribution in [3.05, 3.63) is 48.3 Å². The van der Waals surface area contributed by atoms with Gasteiger partial charge in [0.05, 0.1) is 11.4 Å². The number of aliphatic hydroxyl groups excluding tert-OH is 1. The molecule has 0 aliphatic carbocycles. The van der Waals surface area contributed by atoms with E-state index in [2.05, 4.69) is 9.82 Å². The smallest absolute Gasteiger partial charge is 0.240 e. The van der Waals surface area contributed by atoms with Gasteiger partial charge in [0.1, 0.15) is 0 Å². The van der Waals surface area contributed by atoms with E-state index in [1.165, 1.54) is 0 Å². The molecule has 0 radical (unpaired) electrons. The van der Waals surface area contributed by atoms with Crippen LogP contribution in [0.4, 0.5) is 0 Å². The first-order valence-corrected chi connectivity index (χ1v) is 8.19. The van der Waals surface area contributed by atoms with Crippen LogP contribution in [0, 0.1) is 0 Å². The largest absolute Gasteiger partial charge is 0.396 e. The van der Waals surface area contributed by atoms with Gasteiger partial charge in [0, 0.05) is 25.0 Å². The lowest BCUT2D eigenvalue weighted by atomic mass is 10.2. The summed E-state index contributed by atoms with van der Waals surface area (Å²) in [5.41, 5.74) is 0.904. The summed E-state index contributed by atoms with van der Waals surface area (Å²) < 4.78 is 28.8. The molecule has 1 atom stereocenters. The van der Waals surface area contributed by atoms with Crippen molar-refractivity contribution in [1.82, 2.24) is 14.5 Å². The zero-order chi connectivity index (χ0) is 15.3. The van der Waals surface area contributed by atoms with Gasteiger partial charge >= 0.3 is 0 Å². The lowest BCUT2D eigenvalue weighted by Gasteiger charge is -2.14. The second-order valence-electron chi connectivity index (χ2n) is 4.87. The van der Waals surface area contributed by atoms with Crippen LogP contribution in [-0.4, -0.2) is 36.0 Å². The van der Waals surface area contributed by atoms with Crippen molar-refractivity contribution >= 4 is 10.0 Å². The predicted molar refractivity (Wildman–Crippen MR) is 79.2 cm³/mol. The molecule has 6 nitrogen and oxygen atoms in total. The third-order valence-corrected chi connectivity index (χ3v) is 4.62. The summed E-state index contributed by atoms with van der Waals surface area (Å²) in [6.07, 6.45) is 3.96. The van der Waals surface area contributed by atoms with Gasteiger partial charge in [-0.15, -0.1) is 0 Å². The molecule has 0 saturated heterocycles. The molecular weight excluding hydrogens is 290 g/mol. The fraction of sp³-hybridized carbons (Fsp3) is 0.357. The summed E-state index contributed by atoms with van der Waals surface area (Å²) in [5.74, 6) is 0. The summed E-state index contributed by atoms with van der Waals surface area (Å²) >= 11 is 0. The first kappa shape index (κ1) is 15.7. The number of aliphatic hydroxyl groups is 1. The molecule has 0 fully saturated rings. The van der Waals surface area contributed by atoms with E-state index in [-0.39, 0.29) is 17.5 Å². The molecule has 1 aromatic heterocycles. The Morgan fingerprint density at radius 3 is 2.62 bits per heavy atom. The zero-order valence-corrected chi connectivity index (χ0v) is 12.6. The molecule has 114 valence electrons. The average Bonchev–Trinajstić information content (AvgIpc) is 2.92. The molecule has 0 saturated carbocycles. The van der Waals surface area contributed by atoms with Crippen molar-refractivity contribution in [2.24, 2.45) is 0 Å². The minimum Gasteiger partial charge on any atom is -0.396 e. The van der Waals surface area contributed by atoms with Crippen molar-refractivity contribution in [1.29, 1.82) is 0 Å². The van der Waals surface area contributed by atoms with Crippen LogP contribution in [0.3, 0.4) is 0 Å². The number of nitrogens with zero attached hydrogens (tertiary/aromatic N) is 2. The molecule has 1 aromatic carbocycles. The maximum atomic E-state index is 12.3.